The van der Waals surface area contributed by atoms with Gasteiger partial charge in [0.05, 0.1) is 5.52 Å². The number of rotatable bonds is 3. The molecule has 0 saturated carbocycles. The Morgan fingerprint density at radius 2 is 2.06 bits per heavy atom. The van der Waals surface area contributed by atoms with Crippen molar-refractivity contribution in [2.75, 3.05) is 0 Å². The number of benzene rings is 1. The number of hydrogen-bond donors (Lipinski definition) is 0. The summed E-state index contributed by atoms with van der Waals surface area (Å²) in [5.74, 6) is 0.149. The fourth-order valence-corrected chi connectivity index (χ4v) is 2.72. The van der Waals surface area contributed by atoms with Crippen molar-refractivity contribution in [2.45, 2.75) is 6.42 Å². The largest absolute Gasteiger partial charge is 0.294 e. The van der Waals surface area contributed by atoms with Gasteiger partial charge >= 0.3 is 0 Å². The van der Waals surface area contributed by atoms with Crippen molar-refractivity contribution in [1.82, 2.24) is 4.98 Å². The summed E-state index contributed by atoms with van der Waals surface area (Å²) in [5.41, 5.74) is 1.63. The Labute approximate surface area is 109 Å². The monoisotopic (exact) mass is 253 g/mol. The molecule has 0 unspecified atom stereocenters. The van der Waals surface area contributed by atoms with Crippen LogP contribution >= 0.6 is 11.3 Å². The standard InChI is InChI=1S/C15H11NOS/c17-15(10-11-4-3-9-18-11)13-5-1-7-14-12(13)6-2-8-16-14/h1-9H,10H2. The summed E-state index contributed by atoms with van der Waals surface area (Å²) in [4.78, 5) is 17.7. The summed E-state index contributed by atoms with van der Waals surface area (Å²) in [5, 5.41) is 2.93. The topological polar surface area (TPSA) is 30.0 Å². The summed E-state index contributed by atoms with van der Waals surface area (Å²) < 4.78 is 0. The van der Waals surface area contributed by atoms with E-state index in [0.29, 0.717) is 6.42 Å². The van der Waals surface area contributed by atoms with Crippen molar-refractivity contribution in [2.24, 2.45) is 0 Å². The molecule has 0 amide bonds. The first-order valence-electron chi connectivity index (χ1n) is 5.74. The van der Waals surface area contributed by atoms with Crippen molar-refractivity contribution >= 4 is 28.0 Å². The van der Waals surface area contributed by atoms with E-state index in [0.717, 1.165) is 21.3 Å². The first-order valence-corrected chi connectivity index (χ1v) is 6.62. The lowest BCUT2D eigenvalue weighted by Gasteiger charge is -2.04. The van der Waals surface area contributed by atoms with Crippen molar-refractivity contribution < 1.29 is 4.79 Å². The maximum Gasteiger partial charge on any atom is 0.168 e. The van der Waals surface area contributed by atoms with Crippen LogP contribution in [0.4, 0.5) is 0 Å². The lowest BCUT2D eigenvalue weighted by molar-refractivity contribution is 0.0995. The molecule has 1 aromatic carbocycles. The van der Waals surface area contributed by atoms with Crippen LogP contribution in [0.2, 0.25) is 0 Å². The Kier molecular flexibility index (Phi) is 2.90. The highest BCUT2D eigenvalue weighted by Gasteiger charge is 2.11. The summed E-state index contributed by atoms with van der Waals surface area (Å²) in [6.07, 6.45) is 2.21. The highest BCUT2D eigenvalue weighted by Crippen LogP contribution is 2.19. The Morgan fingerprint density at radius 1 is 1.11 bits per heavy atom. The second-order valence-corrected chi connectivity index (χ2v) is 5.09. The van der Waals surface area contributed by atoms with Crippen molar-refractivity contribution in [3.05, 3.63) is 64.5 Å². The molecule has 0 bridgehead atoms. The van der Waals surface area contributed by atoms with Gasteiger partial charge in [-0.25, -0.2) is 0 Å². The molecule has 3 aromatic rings. The predicted octanol–water partition coefficient (Wildman–Crippen LogP) is 3.72. The summed E-state index contributed by atoms with van der Waals surface area (Å²) >= 11 is 1.61. The minimum absolute atomic E-state index is 0.149. The van der Waals surface area contributed by atoms with Gasteiger partial charge in [-0.05, 0) is 23.6 Å². The lowest BCUT2D eigenvalue weighted by Crippen LogP contribution is -2.03. The zero-order chi connectivity index (χ0) is 12.4. The minimum Gasteiger partial charge on any atom is -0.294 e. The third-order valence-electron chi connectivity index (χ3n) is 2.86. The summed E-state index contributed by atoms with van der Waals surface area (Å²) in [6.45, 7) is 0. The van der Waals surface area contributed by atoms with Gasteiger partial charge in [0.2, 0.25) is 0 Å². The van der Waals surface area contributed by atoms with Gasteiger partial charge in [-0.1, -0.05) is 24.3 Å². The van der Waals surface area contributed by atoms with Crippen LogP contribution in [0.15, 0.2) is 54.0 Å². The molecular weight excluding hydrogens is 242 g/mol. The van der Waals surface area contributed by atoms with Crippen molar-refractivity contribution in [1.29, 1.82) is 0 Å². The number of hydrogen-bond acceptors (Lipinski definition) is 3. The SMILES string of the molecule is O=C(Cc1cccs1)c1cccc2ncccc12. The third-order valence-corrected chi connectivity index (χ3v) is 3.74. The molecule has 3 rings (SSSR count). The number of aromatic nitrogens is 1. The molecule has 0 aliphatic rings. The van der Waals surface area contributed by atoms with Crippen LogP contribution in [0.5, 0.6) is 0 Å². The van der Waals surface area contributed by atoms with E-state index in [9.17, 15) is 4.79 Å². The number of fused-ring (bicyclic) bond motifs is 1. The molecule has 0 spiro atoms. The predicted molar refractivity (Wildman–Crippen MR) is 74.1 cm³/mol. The van der Waals surface area contributed by atoms with Crippen LogP contribution in [0.25, 0.3) is 10.9 Å². The van der Waals surface area contributed by atoms with E-state index in [-0.39, 0.29) is 5.78 Å². The molecule has 18 heavy (non-hydrogen) atoms. The first-order chi connectivity index (χ1) is 8.84. The van der Waals surface area contributed by atoms with E-state index in [4.69, 9.17) is 0 Å². The molecular formula is C15H11NOS. The van der Waals surface area contributed by atoms with Crippen molar-refractivity contribution in [3.63, 3.8) is 0 Å². The normalized spacial score (nSPS) is 10.7. The van der Waals surface area contributed by atoms with Gasteiger partial charge in [0, 0.05) is 28.4 Å². The molecule has 88 valence electrons. The van der Waals surface area contributed by atoms with Gasteiger partial charge in [-0.2, -0.15) is 0 Å². The highest BCUT2D eigenvalue weighted by molar-refractivity contribution is 7.10. The molecule has 0 atom stereocenters. The third kappa shape index (κ3) is 2.05. The van der Waals surface area contributed by atoms with Gasteiger partial charge in [-0.15, -0.1) is 11.3 Å². The fourth-order valence-electron chi connectivity index (χ4n) is 2.01. The van der Waals surface area contributed by atoms with Gasteiger partial charge in [0.15, 0.2) is 5.78 Å². The molecule has 2 aromatic heterocycles. The zero-order valence-corrected chi connectivity index (χ0v) is 10.5. The lowest BCUT2D eigenvalue weighted by atomic mass is 10.0. The van der Waals surface area contributed by atoms with E-state index in [2.05, 4.69) is 4.98 Å². The number of carbonyl (C=O) groups is 1. The minimum atomic E-state index is 0.149. The maximum absolute atomic E-state index is 12.3. The van der Waals surface area contributed by atoms with Gasteiger partial charge in [0.1, 0.15) is 0 Å². The molecule has 0 N–H and O–H groups in total. The summed E-state index contributed by atoms with van der Waals surface area (Å²) in [7, 11) is 0. The number of nitrogens with zero attached hydrogens (tertiary/aromatic N) is 1. The molecule has 2 heterocycles. The zero-order valence-electron chi connectivity index (χ0n) is 9.67. The van der Waals surface area contributed by atoms with Gasteiger partial charge in [0.25, 0.3) is 0 Å². The second-order valence-electron chi connectivity index (χ2n) is 4.05. The second kappa shape index (κ2) is 4.70. The van der Waals surface area contributed by atoms with E-state index < -0.39 is 0 Å². The number of pyridine rings is 1. The Hall–Kier alpha value is -2.00. The molecule has 0 fully saturated rings. The quantitative estimate of drug-likeness (QED) is 0.666. The van der Waals surface area contributed by atoms with Crippen molar-refractivity contribution in [3.8, 4) is 0 Å². The van der Waals surface area contributed by atoms with Gasteiger partial charge < -0.3 is 0 Å². The Balaban J connectivity index is 2.01. The average molecular weight is 253 g/mol. The first kappa shape index (κ1) is 11.1. The van der Waals surface area contributed by atoms with Crippen LogP contribution in [-0.2, 0) is 6.42 Å². The number of thiophene rings is 1. The van der Waals surface area contributed by atoms with Crippen LogP contribution < -0.4 is 0 Å². The van der Waals surface area contributed by atoms with Gasteiger partial charge in [-0.3, -0.25) is 9.78 Å². The van der Waals surface area contributed by atoms with E-state index >= 15 is 0 Å². The van der Waals surface area contributed by atoms with E-state index in [1.165, 1.54) is 0 Å². The van der Waals surface area contributed by atoms with E-state index in [1.807, 2.05) is 47.8 Å². The molecule has 0 saturated heterocycles. The molecule has 3 heteroatoms. The Morgan fingerprint density at radius 3 is 2.89 bits per heavy atom. The maximum atomic E-state index is 12.3. The average Bonchev–Trinajstić information content (AvgIpc) is 2.91. The number of ketones is 1. The van der Waals surface area contributed by atoms with Crippen LogP contribution in [0, 0.1) is 0 Å². The number of carbonyl (C=O) groups excluding carboxylic acids is 1. The highest BCUT2D eigenvalue weighted by atomic mass is 32.1. The van der Waals surface area contributed by atoms with E-state index in [1.54, 1.807) is 17.5 Å². The smallest absolute Gasteiger partial charge is 0.168 e. The Bertz CT molecular complexity index is 683. The number of Topliss-reactive ketones (excluding diaryl/α,β-unsaturated/α-hetero) is 1. The van der Waals surface area contributed by atoms with Crippen LogP contribution in [0.1, 0.15) is 15.2 Å². The molecule has 2 nitrogen and oxygen atoms in total. The van der Waals surface area contributed by atoms with Crippen LogP contribution in [-0.4, -0.2) is 10.8 Å². The van der Waals surface area contributed by atoms with Crippen LogP contribution in [0.3, 0.4) is 0 Å². The summed E-state index contributed by atoms with van der Waals surface area (Å²) in [6, 6.07) is 13.5. The molecule has 0 aliphatic carbocycles. The fraction of sp³-hybridized carbons (Fsp3) is 0.0667. The molecule has 0 radical (unpaired) electrons. The molecule has 0 aliphatic heterocycles.